The number of carbonyl (C=O) groups excluding carboxylic acids is 1. The van der Waals surface area contributed by atoms with Crippen LogP contribution in [-0.4, -0.2) is 18.6 Å². The van der Waals surface area contributed by atoms with Crippen LogP contribution in [0.3, 0.4) is 0 Å². The van der Waals surface area contributed by atoms with E-state index in [0.717, 1.165) is 11.3 Å². The zero-order valence-electron chi connectivity index (χ0n) is 14.5. The molecule has 0 saturated carbocycles. The van der Waals surface area contributed by atoms with Crippen molar-refractivity contribution in [2.75, 3.05) is 17.2 Å². The van der Waals surface area contributed by atoms with E-state index >= 15 is 0 Å². The van der Waals surface area contributed by atoms with Gasteiger partial charge in [-0.1, -0.05) is 38.1 Å². The van der Waals surface area contributed by atoms with Gasteiger partial charge in [-0.05, 0) is 36.1 Å². The molecule has 0 bridgehead atoms. The predicted octanol–water partition coefficient (Wildman–Crippen LogP) is 3.75. The minimum absolute atomic E-state index is 0.00771. The third-order valence-corrected chi connectivity index (χ3v) is 4.48. The Hall–Kier alpha value is -2.49. The first kappa shape index (κ1) is 16.4. The molecule has 0 fully saturated rings. The number of benzene rings is 2. The van der Waals surface area contributed by atoms with Gasteiger partial charge in [0.2, 0.25) is 0 Å². The number of hydrogen-bond acceptors (Lipinski definition) is 3. The van der Waals surface area contributed by atoms with Gasteiger partial charge in [-0.15, -0.1) is 0 Å². The van der Waals surface area contributed by atoms with Gasteiger partial charge in [0.1, 0.15) is 5.75 Å². The van der Waals surface area contributed by atoms with Crippen LogP contribution < -0.4 is 15.4 Å². The third-order valence-electron chi connectivity index (χ3n) is 4.48. The molecule has 1 atom stereocenters. The topological polar surface area (TPSA) is 55.6 Å². The lowest BCUT2D eigenvalue weighted by Crippen LogP contribution is -2.47. The number of nitrogens with zero attached hydrogens (tertiary/aromatic N) is 1. The van der Waals surface area contributed by atoms with Gasteiger partial charge < -0.3 is 15.4 Å². The molecule has 24 heavy (non-hydrogen) atoms. The van der Waals surface area contributed by atoms with Gasteiger partial charge in [-0.3, -0.25) is 4.79 Å². The van der Waals surface area contributed by atoms with E-state index in [4.69, 9.17) is 10.5 Å². The molecule has 0 radical (unpaired) electrons. The molecule has 1 heterocycles. The molecule has 1 unspecified atom stereocenters. The van der Waals surface area contributed by atoms with E-state index < -0.39 is 6.10 Å². The molecule has 0 aromatic heterocycles. The van der Waals surface area contributed by atoms with E-state index in [9.17, 15) is 4.79 Å². The first-order chi connectivity index (χ1) is 11.5. The number of likely N-dealkylation sites (N-methyl/N-ethyl adjacent to an activating group) is 1. The Kier molecular flexibility index (Phi) is 4.47. The number of nitrogens with two attached hydrogens (primary N) is 1. The summed E-state index contributed by atoms with van der Waals surface area (Å²) < 4.78 is 6.02. The Bertz CT molecular complexity index is 755. The van der Waals surface area contributed by atoms with Crippen LogP contribution in [0.5, 0.6) is 5.75 Å². The molecule has 1 aliphatic rings. The van der Waals surface area contributed by atoms with Gasteiger partial charge in [-0.25, -0.2) is 0 Å². The van der Waals surface area contributed by atoms with E-state index in [1.54, 1.807) is 17.0 Å². The van der Waals surface area contributed by atoms with Crippen molar-refractivity contribution in [3.8, 4) is 5.75 Å². The van der Waals surface area contributed by atoms with Crippen LogP contribution >= 0.6 is 0 Å². The minimum atomic E-state index is -0.515. The summed E-state index contributed by atoms with van der Waals surface area (Å²) in [6.07, 6.45) is 0.0527. The maximum absolute atomic E-state index is 12.9. The Morgan fingerprint density at radius 3 is 2.67 bits per heavy atom. The van der Waals surface area contributed by atoms with Crippen molar-refractivity contribution in [1.29, 1.82) is 0 Å². The van der Waals surface area contributed by atoms with Gasteiger partial charge in [0.05, 0.1) is 5.69 Å². The van der Waals surface area contributed by atoms with Gasteiger partial charge >= 0.3 is 0 Å². The maximum Gasteiger partial charge on any atom is 0.268 e. The number of rotatable bonds is 4. The molecule has 0 spiro atoms. The second-order valence-corrected chi connectivity index (χ2v) is 6.47. The maximum atomic E-state index is 12.9. The number of anilines is 2. The van der Waals surface area contributed by atoms with Crippen molar-refractivity contribution in [3.05, 3.63) is 53.6 Å². The van der Waals surface area contributed by atoms with Crippen molar-refractivity contribution in [1.82, 2.24) is 0 Å². The summed E-state index contributed by atoms with van der Waals surface area (Å²) in [6.45, 7) is 6.91. The van der Waals surface area contributed by atoms with E-state index in [0.29, 0.717) is 30.3 Å². The van der Waals surface area contributed by atoms with Crippen molar-refractivity contribution >= 4 is 17.3 Å². The fourth-order valence-corrected chi connectivity index (χ4v) is 3.28. The van der Waals surface area contributed by atoms with Crippen molar-refractivity contribution in [2.45, 2.75) is 39.2 Å². The van der Waals surface area contributed by atoms with Gasteiger partial charge in [0.25, 0.3) is 5.91 Å². The lowest BCUT2D eigenvalue weighted by atomic mass is 9.93. The number of hydrogen-bond donors (Lipinski definition) is 1. The highest BCUT2D eigenvalue weighted by Crippen LogP contribution is 2.36. The summed E-state index contributed by atoms with van der Waals surface area (Å²) >= 11 is 0. The number of fused-ring (bicyclic) bond motifs is 1. The summed E-state index contributed by atoms with van der Waals surface area (Å²) in [5.41, 5.74) is 9.74. The number of amides is 1. The molecule has 126 valence electrons. The molecule has 0 saturated heterocycles. The standard InChI is InChI=1S/C20H24N2O2/c1-4-22-17-10-9-15(21)12-18(17)24-19(20(22)23)11-14-7-5-6-8-16(14)13(2)3/h5-10,12-13,19H,4,11,21H2,1-3H3. The molecule has 1 amide bonds. The van der Waals surface area contributed by atoms with E-state index in [-0.39, 0.29) is 5.91 Å². The highest BCUT2D eigenvalue weighted by molar-refractivity contribution is 6.00. The van der Waals surface area contributed by atoms with E-state index in [1.165, 1.54) is 5.56 Å². The largest absolute Gasteiger partial charge is 0.478 e. The van der Waals surface area contributed by atoms with E-state index in [1.807, 2.05) is 25.1 Å². The van der Waals surface area contributed by atoms with Crippen LogP contribution in [0.25, 0.3) is 0 Å². The van der Waals surface area contributed by atoms with Gasteiger partial charge in [-0.2, -0.15) is 0 Å². The van der Waals surface area contributed by atoms with Gasteiger partial charge in [0.15, 0.2) is 6.10 Å². The highest BCUT2D eigenvalue weighted by Gasteiger charge is 2.34. The van der Waals surface area contributed by atoms with E-state index in [2.05, 4.69) is 26.0 Å². The number of nitrogen functional groups attached to an aromatic ring is 1. The summed E-state index contributed by atoms with van der Waals surface area (Å²) in [6, 6.07) is 13.7. The average Bonchev–Trinajstić information content (AvgIpc) is 2.56. The predicted molar refractivity (Wildman–Crippen MR) is 97.5 cm³/mol. The summed E-state index contributed by atoms with van der Waals surface area (Å²) in [5.74, 6) is 1.10. The molecule has 2 aromatic rings. The molecule has 2 N–H and O–H groups in total. The molecular formula is C20H24N2O2. The molecule has 2 aromatic carbocycles. The fraction of sp³-hybridized carbons (Fsp3) is 0.350. The summed E-state index contributed by atoms with van der Waals surface area (Å²) in [7, 11) is 0. The molecule has 1 aliphatic heterocycles. The molecule has 4 nitrogen and oxygen atoms in total. The quantitative estimate of drug-likeness (QED) is 0.872. The lowest BCUT2D eigenvalue weighted by molar-refractivity contribution is -0.126. The average molecular weight is 324 g/mol. The van der Waals surface area contributed by atoms with Crippen molar-refractivity contribution in [3.63, 3.8) is 0 Å². The number of carbonyl (C=O) groups is 1. The Balaban J connectivity index is 1.94. The zero-order chi connectivity index (χ0) is 17.3. The van der Waals surface area contributed by atoms with Crippen LogP contribution in [0.2, 0.25) is 0 Å². The number of ether oxygens (including phenoxy) is 1. The Morgan fingerprint density at radius 1 is 1.21 bits per heavy atom. The highest BCUT2D eigenvalue weighted by atomic mass is 16.5. The van der Waals surface area contributed by atoms with Crippen LogP contribution in [0, 0.1) is 0 Å². The van der Waals surface area contributed by atoms with Gasteiger partial charge in [0, 0.05) is 24.7 Å². The minimum Gasteiger partial charge on any atom is -0.478 e. The summed E-state index contributed by atoms with van der Waals surface area (Å²) in [5, 5.41) is 0. The normalized spacial score (nSPS) is 16.9. The first-order valence-corrected chi connectivity index (χ1v) is 8.46. The van der Waals surface area contributed by atoms with Crippen molar-refractivity contribution < 1.29 is 9.53 Å². The zero-order valence-corrected chi connectivity index (χ0v) is 14.5. The van der Waals surface area contributed by atoms with Crippen molar-refractivity contribution in [2.24, 2.45) is 0 Å². The first-order valence-electron chi connectivity index (χ1n) is 8.46. The SMILES string of the molecule is CCN1C(=O)C(Cc2ccccc2C(C)C)Oc2cc(N)ccc21. The molecule has 3 rings (SSSR count). The van der Waals surface area contributed by atoms with Crippen LogP contribution in [0.4, 0.5) is 11.4 Å². The summed E-state index contributed by atoms with van der Waals surface area (Å²) in [4.78, 5) is 14.6. The monoisotopic (exact) mass is 324 g/mol. The molecule has 0 aliphatic carbocycles. The molecule has 4 heteroatoms. The van der Waals surface area contributed by atoms with Crippen LogP contribution in [0.1, 0.15) is 37.8 Å². The Morgan fingerprint density at radius 2 is 1.96 bits per heavy atom. The second-order valence-electron chi connectivity index (χ2n) is 6.47. The smallest absolute Gasteiger partial charge is 0.268 e. The Labute approximate surface area is 143 Å². The fourth-order valence-electron chi connectivity index (χ4n) is 3.28. The van der Waals surface area contributed by atoms with Crippen LogP contribution in [-0.2, 0) is 11.2 Å². The molecular weight excluding hydrogens is 300 g/mol. The third kappa shape index (κ3) is 2.96. The second kappa shape index (κ2) is 6.56. The lowest BCUT2D eigenvalue weighted by Gasteiger charge is -2.34. The van der Waals surface area contributed by atoms with Crippen LogP contribution in [0.15, 0.2) is 42.5 Å².